The number of hydrogen-bond acceptors (Lipinski definition) is 3. The van der Waals surface area contributed by atoms with Crippen molar-refractivity contribution in [2.45, 2.75) is 52.6 Å². The molecule has 2 rings (SSSR count). The van der Waals surface area contributed by atoms with Crippen LogP contribution in [0.2, 0.25) is 0 Å². The Hall–Kier alpha value is -0.900. The van der Waals surface area contributed by atoms with E-state index in [9.17, 15) is 0 Å². The number of nitrogens with one attached hydrogen (secondary N) is 1. The molecule has 1 N–H and O–H groups in total. The van der Waals surface area contributed by atoms with Gasteiger partial charge in [-0.05, 0) is 38.6 Å². The van der Waals surface area contributed by atoms with Gasteiger partial charge in [0.1, 0.15) is 11.6 Å². The minimum atomic E-state index is 0.424. The van der Waals surface area contributed by atoms with Crippen molar-refractivity contribution >= 4 is 0 Å². The molecule has 0 aromatic carbocycles. The molecule has 4 heteroatoms. The molecule has 1 fully saturated rings. The first-order chi connectivity index (χ1) is 7.68. The molecule has 1 aliphatic rings. The summed E-state index contributed by atoms with van der Waals surface area (Å²) < 4.78 is 2.28. The lowest BCUT2D eigenvalue weighted by Crippen LogP contribution is -2.19. The second-order valence-electron chi connectivity index (χ2n) is 5.09. The largest absolute Gasteiger partial charge is 0.314 e. The zero-order valence-corrected chi connectivity index (χ0v) is 10.5. The Morgan fingerprint density at radius 1 is 1.44 bits per heavy atom. The van der Waals surface area contributed by atoms with E-state index in [1.807, 2.05) is 6.92 Å². The zero-order valence-electron chi connectivity index (χ0n) is 10.5. The van der Waals surface area contributed by atoms with E-state index in [2.05, 4.69) is 33.9 Å². The summed E-state index contributed by atoms with van der Waals surface area (Å²) in [5, 5.41) is 12.0. The van der Waals surface area contributed by atoms with Gasteiger partial charge in [0.2, 0.25) is 0 Å². The van der Waals surface area contributed by atoms with Gasteiger partial charge in [0.15, 0.2) is 0 Å². The Bertz CT molecular complexity index is 337. The summed E-state index contributed by atoms with van der Waals surface area (Å²) in [6, 6.07) is 0.424. The SMILES string of the molecule is Cc1nnc(C2CCCN2)n1CCC(C)C. The fraction of sp³-hybridized carbons (Fsp3) is 0.833. The molecule has 4 nitrogen and oxygen atoms in total. The monoisotopic (exact) mass is 222 g/mol. The van der Waals surface area contributed by atoms with E-state index in [4.69, 9.17) is 0 Å². The molecule has 1 aromatic rings. The average Bonchev–Trinajstić information content (AvgIpc) is 2.83. The van der Waals surface area contributed by atoms with Gasteiger partial charge in [0.05, 0.1) is 6.04 Å². The van der Waals surface area contributed by atoms with E-state index in [1.165, 1.54) is 19.3 Å². The average molecular weight is 222 g/mol. The molecule has 16 heavy (non-hydrogen) atoms. The highest BCUT2D eigenvalue weighted by atomic mass is 15.3. The van der Waals surface area contributed by atoms with Crippen molar-refractivity contribution in [1.82, 2.24) is 20.1 Å². The first kappa shape index (κ1) is 11.6. The van der Waals surface area contributed by atoms with Crippen LogP contribution < -0.4 is 5.32 Å². The van der Waals surface area contributed by atoms with E-state index in [1.54, 1.807) is 0 Å². The Balaban J connectivity index is 2.11. The first-order valence-electron chi connectivity index (χ1n) is 6.31. The Morgan fingerprint density at radius 3 is 2.88 bits per heavy atom. The minimum Gasteiger partial charge on any atom is -0.314 e. The fourth-order valence-electron chi connectivity index (χ4n) is 2.22. The molecule has 0 saturated carbocycles. The lowest BCUT2D eigenvalue weighted by atomic mass is 10.1. The summed E-state index contributed by atoms with van der Waals surface area (Å²) in [5.74, 6) is 2.91. The van der Waals surface area contributed by atoms with Gasteiger partial charge in [-0.15, -0.1) is 10.2 Å². The van der Waals surface area contributed by atoms with Crippen molar-refractivity contribution in [3.05, 3.63) is 11.6 Å². The maximum atomic E-state index is 4.33. The van der Waals surface area contributed by atoms with Crippen molar-refractivity contribution in [3.63, 3.8) is 0 Å². The topological polar surface area (TPSA) is 42.7 Å². The van der Waals surface area contributed by atoms with Crippen LogP contribution in [0.4, 0.5) is 0 Å². The van der Waals surface area contributed by atoms with Gasteiger partial charge >= 0.3 is 0 Å². The van der Waals surface area contributed by atoms with Crippen LogP contribution in [-0.4, -0.2) is 21.3 Å². The van der Waals surface area contributed by atoms with Crippen LogP contribution in [-0.2, 0) is 6.54 Å². The molecule has 90 valence electrons. The summed E-state index contributed by atoms with van der Waals surface area (Å²) in [6.07, 6.45) is 3.64. The second kappa shape index (κ2) is 4.95. The fourth-order valence-corrected chi connectivity index (χ4v) is 2.22. The van der Waals surface area contributed by atoms with Gasteiger partial charge in [-0.25, -0.2) is 0 Å². The molecular weight excluding hydrogens is 200 g/mol. The summed E-state index contributed by atoms with van der Waals surface area (Å²) in [7, 11) is 0. The lowest BCUT2D eigenvalue weighted by molar-refractivity contribution is 0.475. The Kier molecular flexibility index (Phi) is 3.59. The maximum absolute atomic E-state index is 4.33. The van der Waals surface area contributed by atoms with Crippen molar-refractivity contribution in [2.75, 3.05) is 6.54 Å². The van der Waals surface area contributed by atoms with Crippen molar-refractivity contribution in [2.24, 2.45) is 5.92 Å². The van der Waals surface area contributed by atoms with Gasteiger partial charge in [0, 0.05) is 6.54 Å². The number of nitrogens with zero attached hydrogens (tertiary/aromatic N) is 3. The molecule has 0 bridgehead atoms. The number of aromatic nitrogens is 3. The van der Waals surface area contributed by atoms with E-state index < -0.39 is 0 Å². The lowest BCUT2D eigenvalue weighted by Gasteiger charge is -2.14. The predicted molar refractivity (Wildman–Crippen MR) is 64.2 cm³/mol. The number of rotatable bonds is 4. The zero-order chi connectivity index (χ0) is 11.5. The van der Waals surface area contributed by atoms with Crippen LogP contribution >= 0.6 is 0 Å². The maximum Gasteiger partial charge on any atom is 0.150 e. The molecule has 1 aliphatic heterocycles. The van der Waals surface area contributed by atoms with Gasteiger partial charge < -0.3 is 9.88 Å². The van der Waals surface area contributed by atoms with Gasteiger partial charge in [-0.1, -0.05) is 13.8 Å². The molecule has 1 atom stereocenters. The standard InChI is InChI=1S/C12H22N4/c1-9(2)6-8-16-10(3)14-15-12(16)11-5-4-7-13-11/h9,11,13H,4-8H2,1-3H3. The summed E-state index contributed by atoms with van der Waals surface area (Å²) in [5.41, 5.74) is 0. The Labute approximate surface area is 97.5 Å². The van der Waals surface area contributed by atoms with Crippen molar-refractivity contribution in [1.29, 1.82) is 0 Å². The van der Waals surface area contributed by atoms with Crippen LogP contribution in [0.1, 0.15) is 50.8 Å². The van der Waals surface area contributed by atoms with Crippen LogP contribution in [0.5, 0.6) is 0 Å². The smallest absolute Gasteiger partial charge is 0.150 e. The summed E-state index contributed by atoms with van der Waals surface area (Å²) in [6.45, 7) is 8.72. The predicted octanol–water partition coefficient (Wildman–Crippen LogP) is 2.06. The van der Waals surface area contributed by atoms with Crippen LogP contribution in [0.3, 0.4) is 0 Å². The Morgan fingerprint density at radius 2 is 2.25 bits per heavy atom. The van der Waals surface area contributed by atoms with Gasteiger partial charge in [-0.3, -0.25) is 0 Å². The third kappa shape index (κ3) is 2.43. The molecule has 1 aromatic heterocycles. The minimum absolute atomic E-state index is 0.424. The summed E-state index contributed by atoms with van der Waals surface area (Å²) in [4.78, 5) is 0. The third-order valence-electron chi connectivity index (χ3n) is 3.27. The number of hydrogen-bond donors (Lipinski definition) is 1. The molecule has 0 amide bonds. The van der Waals surface area contributed by atoms with Crippen molar-refractivity contribution < 1.29 is 0 Å². The molecule has 2 heterocycles. The van der Waals surface area contributed by atoms with E-state index in [-0.39, 0.29) is 0 Å². The molecule has 0 spiro atoms. The van der Waals surface area contributed by atoms with Crippen LogP contribution in [0, 0.1) is 12.8 Å². The highest BCUT2D eigenvalue weighted by Crippen LogP contribution is 2.22. The van der Waals surface area contributed by atoms with Crippen LogP contribution in [0.25, 0.3) is 0 Å². The molecular formula is C12H22N4. The highest BCUT2D eigenvalue weighted by Gasteiger charge is 2.22. The van der Waals surface area contributed by atoms with E-state index in [0.717, 1.165) is 30.7 Å². The van der Waals surface area contributed by atoms with E-state index in [0.29, 0.717) is 6.04 Å². The first-order valence-corrected chi connectivity index (χ1v) is 6.31. The number of aryl methyl sites for hydroxylation is 1. The molecule has 1 unspecified atom stereocenters. The summed E-state index contributed by atoms with van der Waals surface area (Å²) >= 11 is 0. The third-order valence-corrected chi connectivity index (χ3v) is 3.27. The second-order valence-corrected chi connectivity index (χ2v) is 5.09. The molecule has 1 saturated heterocycles. The van der Waals surface area contributed by atoms with Gasteiger partial charge in [-0.2, -0.15) is 0 Å². The van der Waals surface area contributed by atoms with Crippen LogP contribution in [0.15, 0.2) is 0 Å². The molecule has 0 radical (unpaired) electrons. The normalized spacial score (nSPS) is 20.9. The van der Waals surface area contributed by atoms with Gasteiger partial charge in [0.25, 0.3) is 0 Å². The molecule has 0 aliphatic carbocycles. The van der Waals surface area contributed by atoms with Crippen molar-refractivity contribution in [3.8, 4) is 0 Å². The van der Waals surface area contributed by atoms with E-state index >= 15 is 0 Å². The quantitative estimate of drug-likeness (QED) is 0.848. The highest BCUT2D eigenvalue weighted by molar-refractivity contribution is 5.02.